The standard InChI is InChI=1S/C7H11O4P/c8-5(9)7(6(10)11)1-3-12-4-2-7/h12H,1-4H2,(H,8,9)(H,10,11)/p+1. The summed E-state index contributed by atoms with van der Waals surface area (Å²) in [5.74, 6) is -2.34. The zero-order valence-corrected chi connectivity index (χ0v) is 7.77. The van der Waals surface area contributed by atoms with Gasteiger partial charge in [-0.25, -0.2) is 0 Å². The van der Waals surface area contributed by atoms with E-state index in [0.717, 1.165) is 12.3 Å². The quantitative estimate of drug-likeness (QED) is 0.487. The van der Waals surface area contributed by atoms with Gasteiger partial charge in [0.15, 0.2) is 5.41 Å². The third kappa shape index (κ3) is 1.44. The molecule has 0 saturated carbocycles. The van der Waals surface area contributed by atoms with Crippen LogP contribution in [0, 0.1) is 5.41 Å². The molecule has 1 saturated heterocycles. The van der Waals surface area contributed by atoms with Crippen molar-refractivity contribution in [2.45, 2.75) is 12.8 Å². The average molecular weight is 191 g/mol. The molecule has 0 bridgehead atoms. The largest absolute Gasteiger partial charge is 0.480 e. The first-order chi connectivity index (χ1) is 5.59. The first kappa shape index (κ1) is 9.46. The van der Waals surface area contributed by atoms with Crippen LogP contribution in [0.25, 0.3) is 0 Å². The van der Waals surface area contributed by atoms with Gasteiger partial charge in [0.1, 0.15) is 0 Å². The van der Waals surface area contributed by atoms with E-state index >= 15 is 0 Å². The number of hydrogen-bond donors (Lipinski definition) is 2. The second-order valence-electron chi connectivity index (χ2n) is 3.06. The van der Waals surface area contributed by atoms with Crippen LogP contribution in [0.3, 0.4) is 0 Å². The Labute approximate surface area is 71.7 Å². The molecular formula is C7H12O4P+. The van der Waals surface area contributed by atoms with Crippen molar-refractivity contribution < 1.29 is 19.8 Å². The van der Waals surface area contributed by atoms with Gasteiger partial charge in [-0.3, -0.25) is 9.59 Å². The van der Waals surface area contributed by atoms with Crippen LogP contribution >= 0.6 is 8.58 Å². The third-order valence-corrected chi connectivity index (χ3v) is 3.76. The lowest BCUT2D eigenvalue weighted by atomic mass is 9.82. The van der Waals surface area contributed by atoms with Crippen molar-refractivity contribution >= 4 is 20.5 Å². The fraction of sp³-hybridized carbons (Fsp3) is 0.714. The highest BCUT2D eigenvalue weighted by Crippen LogP contribution is 2.38. The molecule has 1 aliphatic heterocycles. The fourth-order valence-corrected chi connectivity index (χ4v) is 3.17. The van der Waals surface area contributed by atoms with E-state index in [0.29, 0.717) is 12.8 Å². The molecule has 0 radical (unpaired) electrons. The maximum atomic E-state index is 10.7. The third-order valence-electron chi connectivity index (χ3n) is 2.37. The highest BCUT2D eigenvalue weighted by Gasteiger charge is 2.48. The van der Waals surface area contributed by atoms with E-state index in [4.69, 9.17) is 10.2 Å². The van der Waals surface area contributed by atoms with Crippen molar-refractivity contribution in [1.82, 2.24) is 0 Å². The van der Waals surface area contributed by atoms with Crippen molar-refractivity contribution in [2.75, 3.05) is 12.3 Å². The number of carboxylic acids is 2. The van der Waals surface area contributed by atoms with Crippen molar-refractivity contribution in [2.24, 2.45) is 5.41 Å². The molecule has 0 amide bonds. The molecule has 1 aliphatic rings. The van der Waals surface area contributed by atoms with Crippen LogP contribution < -0.4 is 0 Å². The Morgan fingerprint density at radius 2 is 1.50 bits per heavy atom. The predicted molar refractivity (Wildman–Crippen MR) is 46.4 cm³/mol. The average Bonchev–Trinajstić information content (AvgIpc) is 2.05. The summed E-state index contributed by atoms with van der Waals surface area (Å²) in [6, 6.07) is 0. The van der Waals surface area contributed by atoms with Crippen LogP contribution in [0.15, 0.2) is 0 Å². The van der Waals surface area contributed by atoms with Crippen LogP contribution in [0.4, 0.5) is 0 Å². The number of rotatable bonds is 2. The normalized spacial score (nSPS) is 21.7. The SMILES string of the molecule is O=C(O)C1(C(=O)O)CC[PH2+]CC1. The van der Waals surface area contributed by atoms with Gasteiger partial charge in [-0.2, -0.15) is 0 Å². The lowest BCUT2D eigenvalue weighted by molar-refractivity contribution is -0.165. The molecule has 68 valence electrons. The summed E-state index contributed by atoms with van der Waals surface area (Å²) in [6.45, 7) is 0. The maximum Gasteiger partial charge on any atom is 0.321 e. The molecule has 1 rings (SSSR count). The summed E-state index contributed by atoms with van der Waals surface area (Å²) in [7, 11) is 0.288. The van der Waals surface area contributed by atoms with E-state index in [1.165, 1.54) is 0 Å². The van der Waals surface area contributed by atoms with Crippen LogP contribution in [0.1, 0.15) is 12.8 Å². The van der Waals surface area contributed by atoms with Crippen molar-refractivity contribution in [3.8, 4) is 0 Å². The summed E-state index contributed by atoms with van der Waals surface area (Å²) in [4.78, 5) is 21.5. The highest BCUT2D eigenvalue weighted by atomic mass is 31.1. The molecule has 4 nitrogen and oxygen atoms in total. The topological polar surface area (TPSA) is 74.6 Å². The van der Waals surface area contributed by atoms with Crippen LogP contribution in [-0.2, 0) is 9.59 Å². The minimum atomic E-state index is -1.47. The Morgan fingerprint density at radius 1 is 1.08 bits per heavy atom. The van der Waals surface area contributed by atoms with Gasteiger partial charge in [0.25, 0.3) is 0 Å². The second-order valence-corrected chi connectivity index (χ2v) is 4.79. The molecule has 0 spiro atoms. The lowest BCUT2D eigenvalue weighted by Gasteiger charge is -2.25. The minimum Gasteiger partial charge on any atom is -0.480 e. The second kappa shape index (κ2) is 3.40. The summed E-state index contributed by atoms with van der Waals surface area (Å²) in [5, 5.41) is 17.6. The van der Waals surface area contributed by atoms with Gasteiger partial charge in [-0.15, -0.1) is 0 Å². The molecule has 12 heavy (non-hydrogen) atoms. The molecular weight excluding hydrogens is 179 g/mol. The number of aliphatic carboxylic acids is 2. The van der Waals surface area contributed by atoms with Crippen LogP contribution in [0.2, 0.25) is 0 Å². The number of hydrogen-bond acceptors (Lipinski definition) is 2. The van der Waals surface area contributed by atoms with E-state index in [9.17, 15) is 9.59 Å². The van der Waals surface area contributed by atoms with E-state index in [1.54, 1.807) is 0 Å². The van der Waals surface area contributed by atoms with Gasteiger partial charge in [-0.05, 0) is 8.58 Å². The Balaban J connectivity index is 2.84. The van der Waals surface area contributed by atoms with E-state index in [2.05, 4.69) is 0 Å². The summed E-state index contributed by atoms with van der Waals surface area (Å²) in [5.41, 5.74) is -1.47. The van der Waals surface area contributed by atoms with Crippen molar-refractivity contribution in [3.63, 3.8) is 0 Å². The summed E-state index contributed by atoms with van der Waals surface area (Å²) < 4.78 is 0. The maximum absolute atomic E-state index is 10.7. The Kier molecular flexibility index (Phi) is 2.68. The zero-order chi connectivity index (χ0) is 9.19. The van der Waals surface area contributed by atoms with Crippen LogP contribution in [0.5, 0.6) is 0 Å². The first-order valence-electron chi connectivity index (χ1n) is 3.88. The summed E-state index contributed by atoms with van der Waals surface area (Å²) in [6.07, 6.45) is 2.21. The van der Waals surface area contributed by atoms with E-state index in [-0.39, 0.29) is 8.58 Å². The molecule has 0 aliphatic carbocycles. The van der Waals surface area contributed by atoms with Crippen molar-refractivity contribution in [1.29, 1.82) is 0 Å². The lowest BCUT2D eigenvalue weighted by Crippen LogP contribution is -2.41. The van der Waals surface area contributed by atoms with Gasteiger partial charge >= 0.3 is 11.9 Å². The molecule has 0 aromatic carbocycles. The zero-order valence-electron chi connectivity index (χ0n) is 6.62. The number of carbonyl (C=O) groups is 2. The van der Waals surface area contributed by atoms with E-state index < -0.39 is 17.4 Å². The monoisotopic (exact) mass is 191 g/mol. The highest BCUT2D eigenvalue weighted by molar-refractivity contribution is 7.38. The van der Waals surface area contributed by atoms with Crippen LogP contribution in [-0.4, -0.2) is 34.5 Å². The van der Waals surface area contributed by atoms with Gasteiger partial charge in [0, 0.05) is 12.8 Å². The molecule has 0 unspecified atom stereocenters. The number of carboxylic acid groups (broad SMARTS) is 2. The fourth-order valence-electron chi connectivity index (χ4n) is 1.49. The Hall–Kier alpha value is -0.630. The van der Waals surface area contributed by atoms with Gasteiger partial charge < -0.3 is 10.2 Å². The van der Waals surface area contributed by atoms with Gasteiger partial charge in [0.05, 0.1) is 12.3 Å². The first-order valence-corrected chi connectivity index (χ1v) is 5.51. The minimum absolute atomic E-state index is 0.288. The Morgan fingerprint density at radius 3 is 1.75 bits per heavy atom. The van der Waals surface area contributed by atoms with Crippen molar-refractivity contribution in [3.05, 3.63) is 0 Å². The van der Waals surface area contributed by atoms with Gasteiger partial charge in [-0.1, -0.05) is 0 Å². The molecule has 1 fully saturated rings. The molecule has 0 aromatic heterocycles. The molecule has 2 N–H and O–H groups in total. The van der Waals surface area contributed by atoms with E-state index in [1.807, 2.05) is 0 Å². The molecule has 0 aromatic rings. The van der Waals surface area contributed by atoms with Gasteiger partial charge in [0.2, 0.25) is 0 Å². The molecule has 0 atom stereocenters. The molecule has 1 heterocycles. The smallest absolute Gasteiger partial charge is 0.321 e. The summed E-state index contributed by atoms with van der Waals surface area (Å²) >= 11 is 0. The predicted octanol–water partition coefficient (Wildman–Crippen LogP) is 0.347. The Bertz CT molecular complexity index is 191. The molecule has 5 heteroatoms.